The third-order valence-corrected chi connectivity index (χ3v) is 4.37. The molecule has 1 aromatic rings. The van der Waals surface area contributed by atoms with Crippen molar-refractivity contribution in [3.05, 3.63) is 32.6 Å². The maximum Gasteiger partial charge on any atom is 0.325 e. The summed E-state index contributed by atoms with van der Waals surface area (Å²) in [5.41, 5.74) is 4.38. The first-order chi connectivity index (χ1) is 11.4. The highest BCUT2D eigenvalue weighted by Gasteiger charge is 2.54. The van der Waals surface area contributed by atoms with Crippen molar-refractivity contribution >= 4 is 17.3 Å². The second-order valence-corrected chi connectivity index (χ2v) is 6.09. The summed E-state index contributed by atoms with van der Waals surface area (Å²) in [4.78, 5) is 27.6. The van der Waals surface area contributed by atoms with Crippen molar-refractivity contribution < 1.29 is 19.3 Å². The molecule has 132 valence electrons. The Morgan fingerprint density at radius 2 is 2.25 bits per heavy atom. The first-order valence-electron chi connectivity index (χ1n) is 7.28. The Morgan fingerprint density at radius 1 is 1.50 bits per heavy atom. The van der Waals surface area contributed by atoms with E-state index in [9.17, 15) is 14.7 Å². The zero-order chi connectivity index (χ0) is 17.4. The number of hydrogen-bond donors (Lipinski definition) is 5. The Balaban J connectivity index is 1.91. The van der Waals surface area contributed by atoms with Crippen molar-refractivity contribution in [2.75, 3.05) is 13.7 Å². The molecule has 0 bridgehead atoms. The van der Waals surface area contributed by atoms with Crippen molar-refractivity contribution in [3.63, 3.8) is 0 Å². The molecular formula is C13H18N4O6S. The van der Waals surface area contributed by atoms with Crippen molar-refractivity contribution in [3.8, 4) is 0 Å². The van der Waals surface area contributed by atoms with Gasteiger partial charge in [0.2, 0.25) is 0 Å². The SMILES string of the molecule is CO[C@@H]1CO[C@H]2[C@@H](O)[C@H](c3c[nH]c(=O)[nH]c3=O)O[C@@H]2[C@@H]1NC(N)=S. The van der Waals surface area contributed by atoms with Crippen LogP contribution in [0.25, 0.3) is 0 Å². The van der Waals surface area contributed by atoms with Crippen LogP contribution in [-0.4, -0.2) is 64.4 Å². The first kappa shape index (κ1) is 17.0. The van der Waals surface area contributed by atoms with Gasteiger partial charge in [0.25, 0.3) is 5.56 Å². The van der Waals surface area contributed by atoms with Crippen LogP contribution in [0.1, 0.15) is 11.7 Å². The largest absolute Gasteiger partial charge is 0.387 e. The van der Waals surface area contributed by atoms with Gasteiger partial charge in [-0.25, -0.2) is 4.79 Å². The molecule has 0 saturated carbocycles. The zero-order valence-corrected chi connectivity index (χ0v) is 13.5. The number of rotatable bonds is 3. The van der Waals surface area contributed by atoms with Crippen LogP contribution in [0.4, 0.5) is 0 Å². The fourth-order valence-corrected chi connectivity index (χ4v) is 3.28. The Morgan fingerprint density at radius 3 is 2.88 bits per heavy atom. The molecule has 0 amide bonds. The normalized spacial score (nSPS) is 35.4. The Labute approximate surface area is 141 Å². The quantitative estimate of drug-likeness (QED) is 0.369. The van der Waals surface area contributed by atoms with E-state index < -0.39 is 47.8 Å². The van der Waals surface area contributed by atoms with E-state index in [1.807, 2.05) is 0 Å². The Kier molecular flexibility index (Phi) is 4.69. The molecule has 0 spiro atoms. The number of aliphatic hydroxyl groups excluding tert-OH is 1. The van der Waals surface area contributed by atoms with Crippen LogP contribution in [0.5, 0.6) is 0 Å². The van der Waals surface area contributed by atoms with E-state index in [0.717, 1.165) is 0 Å². The van der Waals surface area contributed by atoms with E-state index in [1.54, 1.807) is 0 Å². The fourth-order valence-electron chi connectivity index (χ4n) is 3.14. The summed E-state index contributed by atoms with van der Waals surface area (Å²) < 4.78 is 16.8. The number of aromatic nitrogens is 2. The standard InChI is InChI=1S/C13H18N4O6S/c1-21-5-3-22-10-7(18)8(4-2-15-13(20)17-11(4)19)23-9(10)6(5)16-12(14)24/h2,5-10,18H,3H2,1H3,(H3,14,16,24)(H2,15,17,19,20)/t5-,6-,7+,8+,9-,10+/m1/s1. The van der Waals surface area contributed by atoms with Gasteiger partial charge in [0, 0.05) is 13.3 Å². The van der Waals surface area contributed by atoms with E-state index in [1.165, 1.54) is 13.3 Å². The maximum absolute atomic E-state index is 12.0. The maximum atomic E-state index is 12.0. The summed E-state index contributed by atoms with van der Waals surface area (Å²) in [6.45, 7) is 0.201. The molecule has 0 aliphatic carbocycles. The highest BCUT2D eigenvalue weighted by Crippen LogP contribution is 2.38. The number of nitrogens with two attached hydrogens (primary N) is 1. The first-order valence-corrected chi connectivity index (χ1v) is 7.69. The van der Waals surface area contributed by atoms with Gasteiger partial charge in [-0.2, -0.15) is 0 Å². The second-order valence-electron chi connectivity index (χ2n) is 5.65. The molecule has 1 aromatic heterocycles. The van der Waals surface area contributed by atoms with Crippen molar-refractivity contribution in [2.24, 2.45) is 5.73 Å². The predicted octanol–water partition coefficient (Wildman–Crippen LogP) is -2.52. The number of aliphatic hydroxyl groups is 1. The lowest BCUT2D eigenvalue weighted by molar-refractivity contribution is -0.142. The lowest BCUT2D eigenvalue weighted by atomic mass is 9.94. The van der Waals surface area contributed by atoms with Gasteiger partial charge in [0.15, 0.2) is 5.11 Å². The van der Waals surface area contributed by atoms with Gasteiger partial charge in [-0.1, -0.05) is 0 Å². The third-order valence-electron chi connectivity index (χ3n) is 4.25. The number of fused-ring (bicyclic) bond motifs is 1. The van der Waals surface area contributed by atoms with Gasteiger partial charge < -0.3 is 35.4 Å². The molecule has 24 heavy (non-hydrogen) atoms. The third kappa shape index (κ3) is 2.96. The van der Waals surface area contributed by atoms with Crippen molar-refractivity contribution in [2.45, 2.75) is 36.6 Å². The summed E-state index contributed by atoms with van der Waals surface area (Å²) in [5, 5.41) is 13.5. The summed E-state index contributed by atoms with van der Waals surface area (Å²) in [6.07, 6.45) is -2.58. The lowest BCUT2D eigenvalue weighted by Gasteiger charge is -2.39. The fraction of sp³-hybridized carbons (Fsp3) is 0.615. The van der Waals surface area contributed by atoms with Crippen LogP contribution in [0.3, 0.4) is 0 Å². The number of H-pyrrole nitrogens is 2. The van der Waals surface area contributed by atoms with Gasteiger partial charge in [-0.3, -0.25) is 9.78 Å². The van der Waals surface area contributed by atoms with Crippen LogP contribution in [0.2, 0.25) is 0 Å². The minimum Gasteiger partial charge on any atom is -0.387 e. The summed E-state index contributed by atoms with van der Waals surface area (Å²) in [5.74, 6) is 0. The molecule has 0 unspecified atom stereocenters. The molecule has 2 aliphatic heterocycles. The van der Waals surface area contributed by atoms with E-state index in [4.69, 9.17) is 32.2 Å². The van der Waals surface area contributed by atoms with E-state index >= 15 is 0 Å². The van der Waals surface area contributed by atoms with E-state index in [-0.39, 0.29) is 17.3 Å². The van der Waals surface area contributed by atoms with Crippen LogP contribution < -0.4 is 22.3 Å². The van der Waals surface area contributed by atoms with Gasteiger partial charge in [0.1, 0.15) is 30.5 Å². The molecule has 10 nitrogen and oxygen atoms in total. The van der Waals surface area contributed by atoms with Gasteiger partial charge >= 0.3 is 5.69 Å². The van der Waals surface area contributed by atoms with Crippen LogP contribution in [0.15, 0.2) is 15.8 Å². The number of ether oxygens (including phenoxy) is 3. The number of hydrogen-bond acceptors (Lipinski definition) is 7. The highest BCUT2D eigenvalue weighted by atomic mass is 32.1. The highest BCUT2D eigenvalue weighted by molar-refractivity contribution is 7.80. The molecule has 6 atom stereocenters. The molecular weight excluding hydrogens is 340 g/mol. The average Bonchev–Trinajstić information content (AvgIpc) is 2.85. The summed E-state index contributed by atoms with van der Waals surface area (Å²) in [6, 6.07) is -0.451. The monoisotopic (exact) mass is 358 g/mol. The smallest absolute Gasteiger partial charge is 0.325 e. The molecule has 2 aliphatic rings. The minimum absolute atomic E-state index is 0.0612. The average molecular weight is 358 g/mol. The lowest BCUT2D eigenvalue weighted by Crippen LogP contribution is -2.61. The molecule has 0 radical (unpaired) electrons. The van der Waals surface area contributed by atoms with Crippen LogP contribution >= 0.6 is 12.2 Å². The van der Waals surface area contributed by atoms with Crippen molar-refractivity contribution in [1.29, 1.82) is 0 Å². The number of thiocarbonyl (C=S) groups is 1. The molecule has 11 heteroatoms. The summed E-state index contributed by atoms with van der Waals surface area (Å²) in [7, 11) is 1.51. The molecule has 0 aromatic carbocycles. The molecule has 2 saturated heterocycles. The van der Waals surface area contributed by atoms with Crippen LogP contribution in [0, 0.1) is 0 Å². The Bertz CT molecular complexity index is 736. The second kappa shape index (κ2) is 6.61. The topological polar surface area (TPSA) is 152 Å². The Hall–Kier alpha value is -1.79. The molecule has 2 fully saturated rings. The number of methoxy groups -OCH3 is 1. The minimum atomic E-state index is -1.10. The van der Waals surface area contributed by atoms with Gasteiger partial charge in [0.05, 0.1) is 18.2 Å². The van der Waals surface area contributed by atoms with Gasteiger partial charge in [-0.15, -0.1) is 0 Å². The summed E-state index contributed by atoms with van der Waals surface area (Å²) >= 11 is 4.88. The predicted molar refractivity (Wildman–Crippen MR) is 85.6 cm³/mol. The molecule has 3 rings (SSSR count). The van der Waals surface area contributed by atoms with E-state index in [2.05, 4.69) is 15.3 Å². The zero-order valence-electron chi connectivity index (χ0n) is 12.7. The van der Waals surface area contributed by atoms with Crippen molar-refractivity contribution in [1.82, 2.24) is 15.3 Å². The van der Waals surface area contributed by atoms with Crippen LogP contribution in [-0.2, 0) is 14.2 Å². The molecule has 6 N–H and O–H groups in total. The molecule has 3 heterocycles. The number of aromatic amines is 2. The number of nitrogens with one attached hydrogen (secondary N) is 3. The van der Waals surface area contributed by atoms with Gasteiger partial charge in [-0.05, 0) is 12.2 Å². The van der Waals surface area contributed by atoms with E-state index in [0.29, 0.717) is 0 Å².